The van der Waals surface area contributed by atoms with E-state index in [1.165, 1.54) is 0 Å². The van der Waals surface area contributed by atoms with E-state index in [4.69, 9.17) is 11.6 Å². The van der Waals surface area contributed by atoms with Gasteiger partial charge in [-0.2, -0.15) is 10.1 Å². The molecule has 0 atom stereocenters. The van der Waals surface area contributed by atoms with Gasteiger partial charge < -0.3 is 10.6 Å². The highest BCUT2D eigenvalue weighted by molar-refractivity contribution is 9.10. The lowest BCUT2D eigenvalue weighted by atomic mass is 10.2. The number of rotatable bonds is 4. The Bertz CT molecular complexity index is 840. The highest BCUT2D eigenvalue weighted by Gasteiger charge is 2.05. The fourth-order valence-electron chi connectivity index (χ4n) is 2.01. The summed E-state index contributed by atoms with van der Waals surface area (Å²) in [5.41, 5.74) is 2.81. The number of nitrogens with one attached hydrogen (secondary N) is 2. The van der Waals surface area contributed by atoms with E-state index in [2.05, 4.69) is 41.7 Å². The molecule has 23 heavy (non-hydrogen) atoms. The fourth-order valence-corrected chi connectivity index (χ4v) is 2.62. The first-order chi connectivity index (χ1) is 11.1. The Hall–Kier alpha value is -2.18. The molecule has 5 nitrogen and oxygen atoms in total. The molecule has 0 aliphatic heterocycles. The van der Waals surface area contributed by atoms with Crippen molar-refractivity contribution in [1.29, 1.82) is 0 Å². The number of hydrogen-bond donors (Lipinski definition) is 2. The lowest BCUT2D eigenvalue weighted by Gasteiger charge is -2.10. The van der Waals surface area contributed by atoms with Crippen LogP contribution in [0.15, 0.2) is 53.1 Å². The van der Waals surface area contributed by atoms with Crippen LogP contribution in [-0.4, -0.2) is 15.2 Å². The second-order valence-corrected chi connectivity index (χ2v) is 6.15. The average Bonchev–Trinajstić information content (AvgIpc) is 2.53. The number of benzene rings is 2. The van der Waals surface area contributed by atoms with Crippen molar-refractivity contribution in [3.05, 3.63) is 63.7 Å². The summed E-state index contributed by atoms with van der Waals surface area (Å²) in [5, 5.41) is 15.0. The van der Waals surface area contributed by atoms with Gasteiger partial charge in [0.2, 0.25) is 5.95 Å². The van der Waals surface area contributed by atoms with E-state index >= 15 is 0 Å². The van der Waals surface area contributed by atoms with Gasteiger partial charge in [-0.15, -0.1) is 5.10 Å². The summed E-state index contributed by atoms with van der Waals surface area (Å²) in [6.07, 6.45) is 1.57. The third-order valence-corrected chi connectivity index (χ3v) is 4.06. The maximum atomic E-state index is 5.97. The molecule has 0 aliphatic rings. The Morgan fingerprint density at radius 3 is 2.65 bits per heavy atom. The van der Waals surface area contributed by atoms with Crippen molar-refractivity contribution in [2.45, 2.75) is 6.92 Å². The van der Waals surface area contributed by atoms with E-state index < -0.39 is 0 Å². The topological polar surface area (TPSA) is 62.7 Å². The van der Waals surface area contributed by atoms with Crippen LogP contribution in [0.3, 0.4) is 0 Å². The SMILES string of the molecule is Cc1cc(Cl)ccc1Nc1cnnc(Nc2ccccc2Br)n1. The van der Waals surface area contributed by atoms with Crippen molar-refractivity contribution in [2.24, 2.45) is 0 Å². The van der Waals surface area contributed by atoms with Crippen molar-refractivity contribution in [2.75, 3.05) is 10.6 Å². The molecule has 2 N–H and O–H groups in total. The molecule has 1 aromatic heterocycles. The molecule has 0 amide bonds. The fraction of sp³-hybridized carbons (Fsp3) is 0.0625. The molecule has 0 radical (unpaired) electrons. The Morgan fingerprint density at radius 2 is 1.87 bits per heavy atom. The van der Waals surface area contributed by atoms with Crippen LogP contribution in [0.4, 0.5) is 23.1 Å². The summed E-state index contributed by atoms with van der Waals surface area (Å²) < 4.78 is 0.926. The molecule has 7 heteroatoms. The average molecular weight is 391 g/mol. The summed E-state index contributed by atoms with van der Waals surface area (Å²) in [4.78, 5) is 4.42. The summed E-state index contributed by atoms with van der Waals surface area (Å²) >= 11 is 9.45. The van der Waals surface area contributed by atoms with E-state index in [0.717, 1.165) is 21.4 Å². The van der Waals surface area contributed by atoms with E-state index in [1.54, 1.807) is 6.20 Å². The highest BCUT2D eigenvalue weighted by atomic mass is 79.9. The Kier molecular flexibility index (Phi) is 4.73. The number of aryl methyl sites for hydroxylation is 1. The smallest absolute Gasteiger partial charge is 0.249 e. The lowest BCUT2D eigenvalue weighted by Crippen LogP contribution is -2.03. The normalized spacial score (nSPS) is 10.4. The van der Waals surface area contributed by atoms with Crippen LogP contribution in [0, 0.1) is 6.92 Å². The molecule has 116 valence electrons. The molecular formula is C16H13BrClN5. The van der Waals surface area contributed by atoms with Gasteiger partial charge in [0.15, 0.2) is 5.82 Å². The highest BCUT2D eigenvalue weighted by Crippen LogP contribution is 2.25. The molecule has 3 rings (SSSR count). The predicted octanol–water partition coefficient (Wildman–Crippen LogP) is 5.08. The van der Waals surface area contributed by atoms with Gasteiger partial charge in [0, 0.05) is 15.2 Å². The first-order valence-electron chi connectivity index (χ1n) is 6.86. The van der Waals surface area contributed by atoms with Crippen molar-refractivity contribution in [3.63, 3.8) is 0 Å². The van der Waals surface area contributed by atoms with E-state index in [9.17, 15) is 0 Å². The molecule has 0 fully saturated rings. The van der Waals surface area contributed by atoms with Gasteiger partial charge in [0.25, 0.3) is 0 Å². The van der Waals surface area contributed by atoms with Gasteiger partial charge in [0.1, 0.15) is 0 Å². The summed E-state index contributed by atoms with van der Waals surface area (Å²) in [6, 6.07) is 13.4. The number of nitrogens with zero attached hydrogens (tertiary/aromatic N) is 3. The number of para-hydroxylation sites is 1. The largest absolute Gasteiger partial charge is 0.339 e. The van der Waals surface area contributed by atoms with Gasteiger partial charge in [-0.3, -0.25) is 0 Å². The van der Waals surface area contributed by atoms with Crippen molar-refractivity contribution >= 4 is 50.7 Å². The minimum Gasteiger partial charge on any atom is -0.339 e. The van der Waals surface area contributed by atoms with Crippen molar-refractivity contribution in [3.8, 4) is 0 Å². The Labute approximate surface area is 147 Å². The van der Waals surface area contributed by atoms with E-state index in [1.807, 2.05) is 49.4 Å². The first-order valence-corrected chi connectivity index (χ1v) is 8.03. The van der Waals surface area contributed by atoms with Gasteiger partial charge in [0.05, 0.1) is 11.9 Å². The molecule has 0 saturated heterocycles. The number of halogens is 2. The van der Waals surface area contributed by atoms with Crippen LogP contribution in [0.2, 0.25) is 5.02 Å². The molecule has 3 aromatic rings. The quantitative estimate of drug-likeness (QED) is 0.650. The summed E-state index contributed by atoms with van der Waals surface area (Å²) in [7, 11) is 0. The zero-order valence-corrected chi connectivity index (χ0v) is 14.6. The van der Waals surface area contributed by atoms with Crippen molar-refractivity contribution < 1.29 is 0 Å². The van der Waals surface area contributed by atoms with Crippen molar-refractivity contribution in [1.82, 2.24) is 15.2 Å². The molecule has 0 aliphatic carbocycles. The Morgan fingerprint density at radius 1 is 1.04 bits per heavy atom. The maximum absolute atomic E-state index is 5.97. The molecular weight excluding hydrogens is 378 g/mol. The molecule has 2 aromatic carbocycles. The maximum Gasteiger partial charge on any atom is 0.249 e. The van der Waals surface area contributed by atoms with E-state index in [-0.39, 0.29) is 0 Å². The minimum absolute atomic E-state index is 0.411. The number of aromatic nitrogens is 3. The third-order valence-electron chi connectivity index (χ3n) is 3.13. The Balaban J connectivity index is 1.81. The van der Waals surface area contributed by atoms with Gasteiger partial charge in [-0.25, -0.2) is 0 Å². The van der Waals surface area contributed by atoms with Crippen LogP contribution in [0.1, 0.15) is 5.56 Å². The number of hydrogen-bond acceptors (Lipinski definition) is 5. The standard InChI is InChI=1S/C16H13BrClN5/c1-10-8-11(18)6-7-13(10)20-15-9-19-23-16(22-15)21-14-5-3-2-4-12(14)17/h2-9H,1H3,(H2,20,21,22,23). The van der Waals surface area contributed by atoms with Crippen LogP contribution in [0.25, 0.3) is 0 Å². The zero-order chi connectivity index (χ0) is 16.2. The molecule has 0 saturated carbocycles. The molecule has 0 bridgehead atoms. The zero-order valence-electron chi connectivity index (χ0n) is 12.2. The van der Waals surface area contributed by atoms with Crippen LogP contribution in [-0.2, 0) is 0 Å². The summed E-state index contributed by atoms with van der Waals surface area (Å²) in [6.45, 7) is 1.98. The van der Waals surface area contributed by atoms with Crippen LogP contribution in [0.5, 0.6) is 0 Å². The van der Waals surface area contributed by atoms with Crippen LogP contribution < -0.4 is 10.6 Å². The molecule has 1 heterocycles. The number of anilines is 4. The third kappa shape index (κ3) is 3.97. The van der Waals surface area contributed by atoms with Crippen LogP contribution >= 0.6 is 27.5 Å². The predicted molar refractivity (Wildman–Crippen MR) is 96.7 cm³/mol. The van der Waals surface area contributed by atoms with Gasteiger partial charge >= 0.3 is 0 Å². The first kappa shape index (κ1) is 15.7. The molecule has 0 unspecified atom stereocenters. The summed E-state index contributed by atoms with van der Waals surface area (Å²) in [5.74, 6) is 1.01. The molecule has 0 spiro atoms. The monoisotopic (exact) mass is 389 g/mol. The van der Waals surface area contributed by atoms with Gasteiger partial charge in [-0.1, -0.05) is 23.7 Å². The second-order valence-electron chi connectivity index (χ2n) is 4.85. The minimum atomic E-state index is 0.411. The van der Waals surface area contributed by atoms with E-state index in [0.29, 0.717) is 16.8 Å². The lowest BCUT2D eigenvalue weighted by molar-refractivity contribution is 0.982. The second kappa shape index (κ2) is 6.93. The van der Waals surface area contributed by atoms with Gasteiger partial charge in [-0.05, 0) is 58.7 Å².